The summed E-state index contributed by atoms with van der Waals surface area (Å²) in [5, 5.41) is 22.4. The summed E-state index contributed by atoms with van der Waals surface area (Å²) in [6.45, 7) is 0.443. The molecule has 0 saturated heterocycles. The van der Waals surface area contributed by atoms with E-state index in [1.165, 1.54) is 0 Å². The lowest BCUT2D eigenvalue weighted by Gasteiger charge is -2.10. The zero-order chi connectivity index (χ0) is 19.6. The third-order valence-corrected chi connectivity index (χ3v) is 4.78. The van der Waals surface area contributed by atoms with Gasteiger partial charge in [-0.1, -0.05) is 72.2 Å². The highest BCUT2D eigenvalue weighted by molar-refractivity contribution is 6.09. The minimum atomic E-state index is 0.221. The quantitative estimate of drug-likeness (QED) is 0.363. The van der Waals surface area contributed by atoms with Crippen LogP contribution in [0.25, 0.3) is 21.5 Å². The first-order valence-electron chi connectivity index (χ1n) is 9.99. The second-order valence-corrected chi connectivity index (χ2v) is 6.81. The molecule has 0 radical (unpaired) electrons. The average Bonchev–Trinajstić information content (AvgIpc) is 2.74. The van der Waals surface area contributed by atoms with E-state index in [2.05, 4.69) is 47.9 Å². The second kappa shape index (κ2) is 10.5. The van der Waals surface area contributed by atoms with E-state index in [9.17, 15) is 0 Å². The summed E-state index contributed by atoms with van der Waals surface area (Å²) >= 11 is 0. The first-order chi connectivity index (χ1) is 13.9. The molecule has 2 N–H and O–H groups in total. The van der Waals surface area contributed by atoms with Gasteiger partial charge in [0.25, 0.3) is 0 Å². The van der Waals surface area contributed by atoms with Crippen molar-refractivity contribution in [2.45, 2.75) is 38.5 Å². The van der Waals surface area contributed by atoms with Crippen LogP contribution < -0.4 is 0 Å². The van der Waals surface area contributed by atoms with Gasteiger partial charge in [-0.2, -0.15) is 0 Å². The molecule has 0 spiro atoms. The highest BCUT2D eigenvalue weighted by Crippen LogP contribution is 2.32. The van der Waals surface area contributed by atoms with Gasteiger partial charge in [-0.3, -0.25) is 0 Å². The van der Waals surface area contributed by atoms with Crippen molar-refractivity contribution >= 4 is 21.5 Å². The molecule has 0 aliphatic rings. The predicted octanol–water partition coefficient (Wildman–Crippen LogP) is 5.02. The molecule has 2 heteroatoms. The normalized spacial score (nSPS) is 10.4. The molecule has 0 bridgehead atoms. The zero-order valence-corrected chi connectivity index (χ0v) is 16.2. The van der Waals surface area contributed by atoms with E-state index in [1.54, 1.807) is 0 Å². The molecule has 0 saturated carbocycles. The largest absolute Gasteiger partial charge is 0.396 e. The van der Waals surface area contributed by atoms with Crippen molar-refractivity contribution in [1.82, 2.24) is 0 Å². The first-order valence-corrected chi connectivity index (χ1v) is 9.99. The van der Waals surface area contributed by atoms with Gasteiger partial charge in [-0.05, 0) is 47.2 Å². The predicted molar refractivity (Wildman–Crippen MR) is 117 cm³/mol. The van der Waals surface area contributed by atoms with Crippen LogP contribution in [-0.4, -0.2) is 23.4 Å². The van der Waals surface area contributed by atoms with Crippen LogP contribution in [0, 0.1) is 23.7 Å². The Labute approximate surface area is 167 Å². The Morgan fingerprint density at radius 1 is 0.536 bits per heavy atom. The molecule has 0 aliphatic heterocycles. The minimum absolute atomic E-state index is 0.221. The average molecular weight is 370 g/mol. The summed E-state index contributed by atoms with van der Waals surface area (Å²) in [6, 6.07) is 16.7. The summed E-state index contributed by atoms with van der Waals surface area (Å²) < 4.78 is 0. The van der Waals surface area contributed by atoms with Crippen molar-refractivity contribution in [3.63, 3.8) is 0 Å². The van der Waals surface area contributed by atoms with Crippen LogP contribution in [-0.2, 0) is 0 Å². The van der Waals surface area contributed by atoms with Gasteiger partial charge in [0, 0.05) is 37.2 Å². The van der Waals surface area contributed by atoms with Gasteiger partial charge >= 0.3 is 0 Å². The van der Waals surface area contributed by atoms with Crippen LogP contribution in [0.2, 0.25) is 0 Å². The second-order valence-electron chi connectivity index (χ2n) is 6.81. The maximum absolute atomic E-state index is 8.94. The van der Waals surface area contributed by atoms with Gasteiger partial charge in [0.2, 0.25) is 0 Å². The molecule has 0 heterocycles. The fraction of sp³-hybridized carbons (Fsp3) is 0.308. The van der Waals surface area contributed by atoms with Crippen LogP contribution in [0.15, 0.2) is 48.5 Å². The van der Waals surface area contributed by atoms with E-state index in [-0.39, 0.29) is 13.2 Å². The number of rotatable bonds is 6. The molecule has 0 atom stereocenters. The standard InChI is InChI=1S/C26H26O2/c27-19-11-3-1-5-13-21-23-15-7-9-17-25(23)22(14-6-2-4-12-20-28)26-18-10-8-16-24(21)26/h7-10,15-18,27-28H,1-4,11-12,19-20H2. The molecular weight excluding hydrogens is 344 g/mol. The van der Waals surface area contributed by atoms with Crippen molar-refractivity contribution in [1.29, 1.82) is 0 Å². The molecular formula is C26H26O2. The Bertz CT molecular complexity index is 915. The van der Waals surface area contributed by atoms with Crippen molar-refractivity contribution in [3.8, 4) is 23.7 Å². The van der Waals surface area contributed by atoms with Crippen LogP contribution in [0.5, 0.6) is 0 Å². The van der Waals surface area contributed by atoms with E-state index in [0.29, 0.717) is 0 Å². The highest BCUT2D eigenvalue weighted by atomic mass is 16.3. The Balaban J connectivity index is 2.10. The van der Waals surface area contributed by atoms with Gasteiger partial charge in [0.15, 0.2) is 0 Å². The number of aliphatic hydroxyl groups excluding tert-OH is 2. The molecule has 0 fully saturated rings. The van der Waals surface area contributed by atoms with Gasteiger partial charge in [0.1, 0.15) is 0 Å². The van der Waals surface area contributed by atoms with Gasteiger partial charge in [-0.25, -0.2) is 0 Å². The number of hydrogen-bond donors (Lipinski definition) is 2. The lowest BCUT2D eigenvalue weighted by Crippen LogP contribution is -1.90. The lowest BCUT2D eigenvalue weighted by molar-refractivity contribution is 0.285. The fourth-order valence-electron chi connectivity index (χ4n) is 3.35. The number of benzene rings is 3. The molecule has 0 amide bonds. The Kier molecular flexibility index (Phi) is 7.51. The van der Waals surface area contributed by atoms with E-state index in [0.717, 1.165) is 71.2 Å². The summed E-state index contributed by atoms with van der Waals surface area (Å²) in [6.07, 6.45) is 4.99. The van der Waals surface area contributed by atoms with E-state index < -0.39 is 0 Å². The van der Waals surface area contributed by atoms with E-state index in [1.807, 2.05) is 24.3 Å². The number of fused-ring (bicyclic) bond motifs is 2. The number of aliphatic hydroxyl groups is 2. The van der Waals surface area contributed by atoms with Crippen molar-refractivity contribution < 1.29 is 10.2 Å². The molecule has 3 aromatic rings. The van der Waals surface area contributed by atoms with Crippen LogP contribution in [0.1, 0.15) is 49.7 Å². The maximum Gasteiger partial charge on any atom is 0.0431 e. The minimum Gasteiger partial charge on any atom is -0.396 e. The van der Waals surface area contributed by atoms with E-state index in [4.69, 9.17) is 10.2 Å². The Hall–Kier alpha value is -2.78. The third kappa shape index (κ3) is 4.73. The number of hydrogen-bond acceptors (Lipinski definition) is 2. The van der Waals surface area contributed by atoms with Crippen molar-refractivity contribution in [2.24, 2.45) is 0 Å². The van der Waals surface area contributed by atoms with Gasteiger partial charge in [0.05, 0.1) is 0 Å². The van der Waals surface area contributed by atoms with E-state index >= 15 is 0 Å². The summed E-state index contributed by atoms with van der Waals surface area (Å²) in [4.78, 5) is 0. The lowest BCUT2D eigenvalue weighted by atomic mass is 9.92. The van der Waals surface area contributed by atoms with Crippen molar-refractivity contribution in [3.05, 3.63) is 59.7 Å². The maximum atomic E-state index is 8.94. The molecule has 142 valence electrons. The van der Waals surface area contributed by atoms with Gasteiger partial charge < -0.3 is 10.2 Å². The molecule has 2 nitrogen and oxygen atoms in total. The third-order valence-electron chi connectivity index (χ3n) is 4.78. The van der Waals surface area contributed by atoms with Crippen molar-refractivity contribution in [2.75, 3.05) is 13.2 Å². The number of unbranched alkanes of at least 4 members (excludes halogenated alkanes) is 4. The zero-order valence-electron chi connectivity index (χ0n) is 16.2. The topological polar surface area (TPSA) is 40.5 Å². The first kappa shape index (κ1) is 20.0. The van der Waals surface area contributed by atoms with Crippen LogP contribution >= 0.6 is 0 Å². The summed E-state index contributed by atoms with van der Waals surface area (Å²) in [5.74, 6) is 13.4. The molecule has 3 aromatic carbocycles. The monoisotopic (exact) mass is 370 g/mol. The summed E-state index contributed by atoms with van der Waals surface area (Å²) in [5.41, 5.74) is 2.11. The van der Waals surface area contributed by atoms with Crippen LogP contribution in [0.4, 0.5) is 0 Å². The molecule has 0 aliphatic carbocycles. The Morgan fingerprint density at radius 2 is 0.893 bits per heavy atom. The highest BCUT2D eigenvalue weighted by Gasteiger charge is 2.10. The molecule has 0 unspecified atom stereocenters. The molecule has 0 aromatic heterocycles. The molecule has 3 rings (SSSR count). The smallest absolute Gasteiger partial charge is 0.0431 e. The molecule has 28 heavy (non-hydrogen) atoms. The van der Waals surface area contributed by atoms with Gasteiger partial charge in [-0.15, -0.1) is 0 Å². The summed E-state index contributed by atoms with van der Waals surface area (Å²) in [7, 11) is 0. The SMILES string of the molecule is OCCCCC#Cc1c2ccccc2c(C#CCCCCO)c2ccccc12. The fourth-order valence-corrected chi connectivity index (χ4v) is 3.35. The Morgan fingerprint density at radius 3 is 1.21 bits per heavy atom. The van der Waals surface area contributed by atoms with Crippen LogP contribution in [0.3, 0.4) is 0 Å².